The third kappa shape index (κ3) is 2.62. The van der Waals surface area contributed by atoms with E-state index in [9.17, 15) is 13.7 Å². The second kappa shape index (κ2) is 4.32. The molecule has 1 atom stereocenters. The summed E-state index contributed by atoms with van der Waals surface area (Å²) in [6.45, 7) is 0. The van der Waals surface area contributed by atoms with E-state index in [2.05, 4.69) is 6.07 Å². The summed E-state index contributed by atoms with van der Waals surface area (Å²) in [6.07, 6.45) is 0.805. The van der Waals surface area contributed by atoms with Gasteiger partial charge in [-0.15, -0.1) is 0 Å². The van der Waals surface area contributed by atoms with Gasteiger partial charge in [-0.05, 0) is 24.5 Å². The molecule has 1 fully saturated rings. The van der Waals surface area contributed by atoms with Crippen LogP contribution in [0.3, 0.4) is 0 Å². The summed E-state index contributed by atoms with van der Waals surface area (Å²) in [5, 5.41) is 9.83. The van der Waals surface area contributed by atoms with E-state index in [4.69, 9.17) is 11.6 Å². The molecule has 17 heavy (non-hydrogen) atoms. The van der Waals surface area contributed by atoms with E-state index in [1.165, 1.54) is 0 Å². The molecule has 90 valence electrons. The molecular formula is C12H12ClNO2S. The molecule has 0 aromatic heterocycles. The Morgan fingerprint density at radius 1 is 1.41 bits per heavy atom. The first-order chi connectivity index (χ1) is 7.96. The van der Waals surface area contributed by atoms with Crippen molar-refractivity contribution < 1.29 is 8.42 Å². The summed E-state index contributed by atoms with van der Waals surface area (Å²) < 4.78 is 23.0. The Morgan fingerprint density at radius 2 is 2.12 bits per heavy atom. The van der Waals surface area contributed by atoms with Crippen molar-refractivity contribution in [3.05, 3.63) is 34.9 Å². The number of nitriles is 1. The van der Waals surface area contributed by atoms with Crippen LogP contribution < -0.4 is 0 Å². The summed E-state index contributed by atoms with van der Waals surface area (Å²) in [4.78, 5) is 0. The van der Waals surface area contributed by atoms with Crippen molar-refractivity contribution >= 4 is 21.4 Å². The van der Waals surface area contributed by atoms with Gasteiger partial charge in [0.15, 0.2) is 9.84 Å². The maximum atomic E-state index is 11.5. The average molecular weight is 270 g/mol. The lowest BCUT2D eigenvalue weighted by Crippen LogP contribution is -2.23. The lowest BCUT2D eigenvalue weighted by Gasteiger charge is -2.19. The number of rotatable bonds is 2. The van der Waals surface area contributed by atoms with Crippen molar-refractivity contribution in [3.8, 4) is 6.07 Å². The standard InChI is InChI=1S/C12H12ClNO2S/c13-11-4-2-1-3-10(11)7-12(8-14)5-6-17(15,16)9-12/h1-4H,5-7,9H2. The Kier molecular flexibility index (Phi) is 3.15. The van der Waals surface area contributed by atoms with Gasteiger partial charge in [0.1, 0.15) is 0 Å². The van der Waals surface area contributed by atoms with Gasteiger partial charge < -0.3 is 0 Å². The average Bonchev–Trinajstić information content (AvgIpc) is 2.59. The topological polar surface area (TPSA) is 57.9 Å². The quantitative estimate of drug-likeness (QED) is 0.827. The van der Waals surface area contributed by atoms with E-state index in [1.54, 1.807) is 6.07 Å². The first-order valence-electron chi connectivity index (χ1n) is 5.31. The molecule has 1 aromatic carbocycles. The highest BCUT2D eigenvalue weighted by Crippen LogP contribution is 2.36. The molecule has 0 amide bonds. The minimum atomic E-state index is -3.06. The SMILES string of the molecule is N#CC1(Cc2ccccc2Cl)CCS(=O)(=O)C1. The van der Waals surface area contributed by atoms with Gasteiger partial charge in [-0.2, -0.15) is 5.26 Å². The molecule has 1 aromatic rings. The second-order valence-electron chi connectivity index (χ2n) is 4.50. The molecule has 1 saturated heterocycles. The van der Waals surface area contributed by atoms with Gasteiger partial charge in [0, 0.05) is 5.02 Å². The largest absolute Gasteiger partial charge is 0.229 e. The van der Waals surface area contributed by atoms with Crippen LogP contribution in [0.15, 0.2) is 24.3 Å². The predicted octanol–water partition coefficient (Wildman–Crippen LogP) is 2.21. The maximum absolute atomic E-state index is 11.5. The van der Waals surface area contributed by atoms with Crippen LogP contribution in [0.1, 0.15) is 12.0 Å². The third-order valence-corrected chi connectivity index (χ3v) is 5.30. The van der Waals surface area contributed by atoms with Crippen molar-refractivity contribution in [1.29, 1.82) is 5.26 Å². The number of nitrogens with zero attached hydrogens (tertiary/aromatic N) is 1. The van der Waals surface area contributed by atoms with E-state index in [0.29, 0.717) is 17.9 Å². The molecule has 0 N–H and O–H groups in total. The van der Waals surface area contributed by atoms with Crippen molar-refractivity contribution in [1.82, 2.24) is 0 Å². The highest BCUT2D eigenvalue weighted by atomic mass is 35.5. The molecule has 0 radical (unpaired) electrons. The molecule has 0 aliphatic carbocycles. The lowest BCUT2D eigenvalue weighted by atomic mass is 9.83. The zero-order valence-electron chi connectivity index (χ0n) is 9.19. The number of halogens is 1. The van der Waals surface area contributed by atoms with Crippen molar-refractivity contribution in [2.24, 2.45) is 5.41 Å². The van der Waals surface area contributed by atoms with Crippen molar-refractivity contribution in [2.45, 2.75) is 12.8 Å². The summed E-state index contributed by atoms with van der Waals surface area (Å²) in [7, 11) is -3.06. The third-order valence-electron chi connectivity index (χ3n) is 3.11. The van der Waals surface area contributed by atoms with Crippen LogP contribution in [-0.4, -0.2) is 19.9 Å². The highest BCUT2D eigenvalue weighted by Gasteiger charge is 2.42. The van der Waals surface area contributed by atoms with Gasteiger partial charge in [0.25, 0.3) is 0 Å². The van der Waals surface area contributed by atoms with Gasteiger partial charge in [-0.25, -0.2) is 8.42 Å². The molecule has 0 spiro atoms. The monoisotopic (exact) mass is 269 g/mol. The Morgan fingerprint density at radius 3 is 2.65 bits per heavy atom. The zero-order chi connectivity index (χ0) is 12.5. The Bertz CT molecular complexity index is 576. The number of hydrogen-bond acceptors (Lipinski definition) is 3. The van der Waals surface area contributed by atoms with E-state index < -0.39 is 15.3 Å². The Hall–Kier alpha value is -1.05. The molecule has 3 nitrogen and oxygen atoms in total. The molecular weight excluding hydrogens is 258 g/mol. The Balaban J connectivity index is 2.29. The molecule has 1 unspecified atom stereocenters. The number of sulfone groups is 1. The van der Waals surface area contributed by atoms with Crippen LogP contribution in [0, 0.1) is 16.7 Å². The molecule has 0 saturated carbocycles. The van der Waals surface area contributed by atoms with Crippen LogP contribution in [0.5, 0.6) is 0 Å². The van der Waals surface area contributed by atoms with Crippen LogP contribution >= 0.6 is 11.6 Å². The first kappa shape index (κ1) is 12.4. The minimum Gasteiger partial charge on any atom is -0.229 e. The maximum Gasteiger partial charge on any atom is 0.151 e. The van der Waals surface area contributed by atoms with E-state index in [1.807, 2.05) is 18.2 Å². The fourth-order valence-corrected chi connectivity index (χ4v) is 4.39. The molecule has 0 bridgehead atoms. The lowest BCUT2D eigenvalue weighted by molar-refractivity contribution is 0.451. The van der Waals surface area contributed by atoms with Crippen molar-refractivity contribution in [3.63, 3.8) is 0 Å². The van der Waals surface area contributed by atoms with Crippen LogP contribution in [-0.2, 0) is 16.3 Å². The molecule has 1 aliphatic rings. The molecule has 1 heterocycles. The summed E-state index contributed by atoms with van der Waals surface area (Å²) in [5.74, 6) is 0.0483. The number of hydrogen-bond donors (Lipinski definition) is 0. The van der Waals surface area contributed by atoms with Gasteiger partial charge in [-0.3, -0.25) is 0 Å². The summed E-state index contributed by atoms with van der Waals surface area (Å²) in [5.41, 5.74) is 0.0388. The predicted molar refractivity (Wildman–Crippen MR) is 66.5 cm³/mol. The molecule has 1 aliphatic heterocycles. The summed E-state index contributed by atoms with van der Waals surface area (Å²) in [6, 6.07) is 9.42. The smallest absolute Gasteiger partial charge is 0.151 e. The van der Waals surface area contributed by atoms with E-state index in [0.717, 1.165) is 5.56 Å². The number of benzene rings is 1. The normalized spacial score (nSPS) is 26.6. The fraction of sp³-hybridized carbons (Fsp3) is 0.417. The molecule has 5 heteroatoms. The van der Waals surface area contributed by atoms with Crippen molar-refractivity contribution in [2.75, 3.05) is 11.5 Å². The first-order valence-corrected chi connectivity index (χ1v) is 7.51. The fourth-order valence-electron chi connectivity index (χ4n) is 2.19. The minimum absolute atomic E-state index is 0.0538. The molecule has 2 rings (SSSR count). The van der Waals surface area contributed by atoms with Gasteiger partial charge in [0.2, 0.25) is 0 Å². The van der Waals surface area contributed by atoms with Gasteiger partial charge >= 0.3 is 0 Å². The zero-order valence-corrected chi connectivity index (χ0v) is 10.8. The Labute approximate surface area is 106 Å². The summed E-state index contributed by atoms with van der Waals surface area (Å²) >= 11 is 6.03. The second-order valence-corrected chi connectivity index (χ2v) is 7.09. The van der Waals surface area contributed by atoms with Crippen LogP contribution in [0.4, 0.5) is 0 Å². The highest BCUT2D eigenvalue weighted by molar-refractivity contribution is 7.91. The van der Waals surface area contributed by atoms with Crippen LogP contribution in [0.25, 0.3) is 0 Å². The van der Waals surface area contributed by atoms with Crippen LogP contribution in [0.2, 0.25) is 5.02 Å². The van der Waals surface area contributed by atoms with E-state index in [-0.39, 0.29) is 11.5 Å². The van der Waals surface area contributed by atoms with E-state index >= 15 is 0 Å². The van der Waals surface area contributed by atoms with Gasteiger partial charge in [-0.1, -0.05) is 29.8 Å². The van der Waals surface area contributed by atoms with Gasteiger partial charge in [0.05, 0.1) is 23.0 Å².